The number of thioether (sulfide) groups is 1. The minimum absolute atomic E-state index is 0.000810. The van der Waals surface area contributed by atoms with Gasteiger partial charge >= 0.3 is 0 Å². The van der Waals surface area contributed by atoms with Gasteiger partial charge in [-0.1, -0.05) is 36.4 Å². The largest absolute Gasteiger partial charge is 0.492 e. The molecule has 1 atom stereocenters. The molecule has 0 radical (unpaired) electrons. The fraction of sp³-hybridized carbons (Fsp3) is 0.278. The van der Waals surface area contributed by atoms with Crippen LogP contribution in [0, 0.1) is 0 Å². The van der Waals surface area contributed by atoms with Crippen molar-refractivity contribution in [2.75, 3.05) is 20.2 Å². The highest BCUT2D eigenvalue weighted by Crippen LogP contribution is 2.37. The zero-order valence-corrected chi connectivity index (χ0v) is 13.4. The van der Waals surface area contributed by atoms with E-state index in [9.17, 15) is 4.79 Å². The van der Waals surface area contributed by atoms with E-state index in [1.807, 2.05) is 49.5 Å². The van der Waals surface area contributed by atoms with Crippen LogP contribution < -0.4 is 4.74 Å². The molecule has 0 spiro atoms. The van der Waals surface area contributed by atoms with E-state index in [1.54, 1.807) is 16.7 Å². The lowest BCUT2D eigenvalue weighted by Crippen LogP contribution is -2.37. The molecular weight excluding hydrogens is 294 g/mol. The number of rotatable bonds is 5. The number of nitrogens with zero attached hydrogens (tertiary/aromatic N) is 1. The molecule has 0 saturated heterocycles. The van der Waals surface area contributed by atoms with Gasteiger partial charge in [0.1, 0.15) is 12.4 Å². The molecule has 0 fully saturated rings. The average Bonchev–Trinajstić information content (AvgIpc) is 2.99. The number of amides is 1. The quantitative estimate of drug-likeness (QED) is 0.849. The Morgan fingerprint density at radius 3 is 2.68 bits per heavy atom. The van der Waals surface area contributed by atoms with Crippen LogP contribution in [0.15, 0.2) is 59.5 Å². The summed E-state index contributed by atoms with van der Waals surface area (Å²) in [4.78, 5) is 15.5. The standard InChI is InChI=1S/C18H19NO2S/c1-19(11-12-21-15-8-3-2-4-9-15)18(20)17-13-14-7-5-6-10-16(14)22-17/h2-10,17H,11-13H2,1H3. The van der Waals surface area contributed by atoms with Crippen molar-refractivity contribution in [2.45, 2.75) is 16.6 Å². The molecule has 1 amide bonds. The average molecular weight is 313 g/mol. The van der Waals surface area contributed by atoms with E-state index in [1.165, 1.54) is 10.5 Å². The Hall–Kier alpha value is -1.94. The molecule has 114 valence electrons. The predicted molar refractivity (Wildman–Crippen MR) is 89.4 cm³/mol. The second-order valence-corrected chi connectivity index (χ2v) is 6.58. The number of ether oxygens (including phenoxy) is 1. The summed E-state index contributed by atoms with van der Waals surface area (Å²) in [5.74, 6) is 1.02. The van der Waals surface area contributed by atoms with Gasteiger partial charge in [-0.05, 0) is 30.2 Å². The van der Waals surface area contributed by atoms with E-state index in [0.717, 1.165) is 12.2 Å². The van der Waals surface area contributed by atoms with Crippen molar-refractivity contribution in [1.29, 1.82) is 0 Å². The topological polar surface area (TPSA) is 29.5 Å². The Morgan fingerprint density at radius 1 is 1.18 bits per heavy atom. The van der Waals surface area contributed by atoms with Crippen molar-refractivity contribution >= 4 is 17.7 Å². The number of para-hydroxylation sites is 1. The molecule has 0 aromatic heterocycles. The number of carbonyl (C=O) groups excluding carboxylic acids is 1. The van der Waals surface area contributed by atoms with Crippen molar-refractivity contribution in [1.82, 2.24) is 4.90 Å². The van der Waals surface area contributed by atoms with Crippen LogP contribution in [0.3, 0.4) is 0 Å². The fourth-order valence-electron chi connectivity index (χ4n) is 2.49. The summed E-state index contributed by atoms with van der Waals surface area (Å²) in [5, 5.41) is -0.000810. The molecule has 3 rings (SSSR count). The molecular formula is C18H19NO2S. The summed E-state index contributed by atoms with van der Waals surface area (Å²) >= 11 is 1.67. The van der Waals surface area contributed by atoms with Crippen molar-refractivity contribution < 1.29 is 9.53 Å². The van der Waals surface area contributed by atoms with Gasteiger partial charge in [0, 0.05) is 11.9 Å². The van der Waals surface area contributed by atoms with Gasteiger partial charge in [0.2, 0.25) is 5.91 Å². The molecule has 1 aliphatic rings. The van der Waals surface area contributed by atoms with E-state index >= 15 is 0 Å². The molecule has 0 saturated carbocycles. The highest BCUT2D eigenvalue weighted by atomic mass is 32.2. The third-order valence-electron chi connectivity index (χ3n) is 3.74. The summed E-state index contributed by atoms with van der Waals surface area (Å²) in [5.41, 5.74) is 1.28. The number of hydrogen-bond acceptors (Lipinski definition) is 3. The van der Waals surface area contributed by atoms with Crippen molar-refractivity contribution in [3.05, 3.63) is 60.2 Å². The minimum Gasteiger partial charge on any atom is -0.492 e. The molecule has 1 heterocycles. The maximum atomic E-state index is 12.5. The smallest absolute Gasteiger partial charge is 0.236 e. The Labute approximate surface area is 135 Å². The second-order valence-electron chi connectivity index (χ2n) is 5.34. The summed E-state index contributed by atoms with van der Waals surface area (Å²) < 4.78 is 5.65. The minimum atomic E-state index is -0.000810. The predicted octanol–water partition coefficient (Wildman–Crippen LogP) is 3.24. The number of likely N-dealkylation sites (N-methyl/N-ethyl adjacent to an activating group) is 1. The summed E-state index contributed by atoms with van der Waals surface area (Å²) in [6.45, 7) is 1.11. The van der Waals surface area contributed by atoms with Crippen LogP contribution in [0.4, 0.5) is 0 Å². The molecule has 22 heavy (non-hydrogen) atoms. The molecule has 3 nitrogen and oxygen atoms in total. The third-order valence-corrected chi connectivity index (χ3v) is 5.04. The molecule has 2 aromatic rings. The van der Waals surface area contributed by atoms with E-state index in [4.69, 9.17) is 4.74 Å². The Morgan fingerprint density at radius 2 is 1.91 bits per heavy atom. The lowest BCUT2D eigenvalue weighted by molar-refractivity contribution is -0.129. The molecule has 0 bridgehead atoms. The molecule has 0 aliphatic carbocycles. The first-order chi connectivity index (χ1) is 10.7. The zero-order valence-electron chi connectivity index (χ0n) is 12.6. The fourth-order valence-corrected chi connectivity index (χ4v) is 3.80. The summed E-state index contributed by atoms with van der Waals surface area (Å²) in [6.07, 6.45) is 0.823. The van der Waals surface area contributed by atoms with Gasteiger partial charge in [0.25, 0.3) is 0 Å². The molecule has 1 aliphatic heterocycles. The lowest BCUT2D eigenvalue weighted by atomic mass is 10.1. The van der Waals surface area contributed by atoms with Gasteiger partial charge in [0.05, 0.1) is 11.8 Å². The van der Waals surface area contributed by atoms with Gasteiger partial charge in [-0.2, -0.15) is 0 Å². The normalized spacial score (nSPS) is 16.1. The SMILES string of the molecule is CN(CCOc1ccccc1)C(=O)C1Cc2ccccc2S1. The van der Waals surface area contributed by atoms with Crippen LogP contribution in [0.1, 0.15) is 5.56 Å². The highest BCUT2D eigenvalue weighted by Gasteiger charge is 2.29. The lowest BCUT2D eigenvalue weighted by Gasteiger charge is -2.20. The Kier molecular flexibility index (Phi) is 4.68. The van der Waals surface area contributed by atoms with Crippen molar-refractivity contribution in [2.24, 2.45) is 0 Å². The molecule has 4 heteroatoms. The number of hydrogen-bond donors (Lipinski definition) is 0. The first-order valence-electron chi connectivity index (χ1n) is 7.41. The third kappa shape index (κ3) is 3.45. The maximum Gasteiger partial charge on any atom is 0.236 e. The van der Waals surface area contributed by atoms with Gasteiger partial charge in [-0.15, -0.1) is 11.8 Å². The Balaban J connectivity index is 1.49. The van der Waals surface area contributed by atoms with Crippen LogP contribution in [0.2, 0.25) is 0 Å². The molecule has 0 N–H and O–H groups in total. The zero-order chi connectivity index (χ0) is 15.4. The molecule has 2 aromatic carbocycles. The Bertz CT molecular complexity index is 620. The highest BCUT2D eigenvalue weighted by molar-refractivity contribution is 8.01. The van der Waals surface area contributed by atoms with Crippen molar-refractivity contribution in [3.63, 3.8) is 0 Å². The molecule has 1 unspecified atom stereocenters. The second kappa shape index (κ2) is 6.88. The van der Waals surface area contributed by atoms with Gasteiger partial charge in [-0.3, -0.25) is 4.79 Å². The first-order valence-corrected chi connectivity index (χ1v) is 8.29. The van der Waals surface area contributed by atoms with Crippen LogP contribution in [-0.4, -0.2) is 36.3 Å². The van der Waals surface area contributed by atoms with E-state index in [2.05, 4.69) is 12.1 Å². The van der Waals surface area contributed by atoms with Gasteiger partial charge in [-0.25, -0.2) is 0 Å². The van der Waals surface area contributed by atoms with Crippen LogP contribution >= 0.6 is 11.8 Å². The number of carbonyl (C=O) groups is 1. The van der Waals surface area contributed by atoms with Crippen LogP contribution in [0.25, 0.3) is 0 Å². The van der Waals surface area contributed by atoms with Crippen molar-refractivity contribution in [3.8, 4) is 5.75 Å². The van der Waals surface area contributed by atoms with Gasteiger partial charge in [0.15, 0.2) is 0 Å². The van der Waals surface area contributed by atoms with E-state index in [0.29, 0.717) is 13.2 Å². The number of benzene rings is 2. The number of fused-ring (bicyclic) bond motifs is 1. The van der Waals surface area contributed by atoms with E-state index < -0.39 is 0 Å². The first kappa shape index (κ1) is 15.0. The van der Waals surface area contributed by atoms with E-state index in [-0.39, 0.29) is 11.2 Å². The monoisotopic (exact) mass is 313 g/mol. The van der Waals surface area contributed by atoms with Crippen LogP contribution in [-0.2, 0) is 11.2 Å². The van der Waals surface area contributed by atoms with Crippen LogP contribution in [0.5, 0.6) is 5.75 Å². The van der Waals surface area contributed by atoms with Gasteiger partial charge < -0.3 is 9.64 Å². The summed E-state index contributed by atoms with van der Waals surface area (Å²) in [7, 11) is 1.85. The maximum absolute atomic E-state index is 12.5. The summed E-state index contributed by atoms with van der Waals surface area (Å²) in [6, 6.07) is 17.9.